The van der Waals surface area contributed by atoms with E-state index in [4.69, 9.17) is 10.5 Å². The second-order valence-electron chi connectivity index (χ2n) is 2.59. The van der Waals surface area contributed by atoms with Crippen LogP contribution in [0.3, 0.4) is 0 Å². The van der Waals surface area contributed by atoms with Crippen molar-refractivity contribution < 1.29 is 9.66 Å². The highest BCUT2D eigenvalue weighted by atomic mass is 35.5. The molecule has 0 fully saturated rings. The van der Waals surface area contributed by atoms with Gasteiger partial charge in [-0.15, -0.1) is 12.4 Å². The minimum Gasteiger partial charge on any atom is -0.490 e. The lowest BCUT2D eigenvalue weighted by atomic mass is 10.1. The Morgan fingerprint density at radius 1 is 1.50 bits per heavy atom. The minimum absolute atomic E-state index is 0. The molecule has 0 heterocycles. The van der Waals surface area contributed by atoms with Crippen LogP contribution in [0.2, 0.25) is 0 Å². The predicted octanol–water partition coefficient (Wildman–Crippen LogP) is 1.92. The Bertz CT molecular complexity index is 355. The van der Waals surface area contributed by atoms with Crippen molar-refractivity contribution in [3.8, 4) is 5.75 Å². The van der Waals surface area contributed by atoms with Crippen LogP contribution in [0.5, 0.6) is 5.75 Å². The molecular weight excluding hydrogens is 208 g/mol. The number of rotatable bonds is 2. The minimum atomic E-state index is -0.496. The van der Waals surface area contributed by atoms with Crippen LogP contribution in [0, 0.1) is 17.0 Å². The van der Waals surface area contributed by atoms with Crippen molar-refractivity contribution in [3.63, 3.8) is 0 Å². The van der Waals surface area contributed by atoms with Gasteiger partial charge in [0.2, 0.25) is 0 Å². The number of hydrogen-bond acceptors (Lipinski definition) is 4. The Kier molecular flexibility index (Phi) is 4.17. The quantitative estimate of drug-likeness (QED) is 0.467. The molecule has 0 saturated carbocycles. The molecule has 2 N–H and O–H groups in total. The molecule has 0 amide bonds. The van der Waals surface area contributed by atoms with Crippen LogP contribution in [0.1, 0.15) is 5.56 Å². The fraction of sp³-hybridized carbons (Fsp3) is 0.250. The predicted molar refractivity (Wildman–Crippen MR) is 56.0 cm³/mol. The first-order valence-electron chi connectivity index (χ1n) is 3.65. The van der Waals surface area contributed by atoms with Crippen molar-refractivity contribution in [2.24, 2.45) is 0 Å². The Balaban J connectivity index is 0.00000169. The molecule has 0 unspecified atom stereocenters. The molecule has 0 bridgehead atoms. The highest BCUT2D eigenvalue weighted by molar-refractivity contribution is 5.85. The molecule has 5 nitrogen and oxygen atoms in total. The number of nitro groups is 1. The molecule has 1 rings (SSSR count). The second kappa shape index (κ2) is 4.66. The maximum absolute atomic E-state index is 10.6. The lowest BCUT2D eigenvalue weighted by Crippen LogP contribution is -1.99. The zero-order chi connectivity index (χ0) is 10.0. The van der Waals surface area contributed by atoms with Gasteiger partial charge in [-0.05, 0) is 19.1 Å². The number of hydrogen-bond donors (Lipinski definition) is 1. The van der Waals surface area contributed by atoms with E-state index in [2.05, 4.69) is 0 Å². The molecule has 0 radical (unpaired) electrons. The maximum Gasteiger partial charge on any atom is 0.315 e. The van der Waals surface area contributed by atoms with Gasteiger partial charge in [0.15, 0.2) is 5.75 Å². The van der Waals surface area contributed by atoms with E-state index in [-0.39, 0.29) is 23.8 Å². The van der Waals surface area contributed by atoms with E-state index >= 15 is 0 Å². The van der Waals surface area contributed by atoms with E-state index in [0.29, 0.717) is 11.3 Å². The van der Waals surface area contributed by atoms with Crippen LogP contribution >= 0.6 is 12.4 Å². The number of halogens is 1. The Morgan fingerprint density at radius 2 is 2.07 bits per heavy atom. The number of anilines is 1. The molecular formula is C8H11ClN2O3. The zero-order valence-electron chi connectivity index (χ0n) is 7.81. The van der Waals surface area contributed by atoms with Crippen LogP contribution < -0.4 is 10.5 Å². The molecule has 0 aliphatic heterocycles. The number of nitrogens with two attached hydrogens (primary N) is 1. The standard InChI is InChI=1S/C8H10N2O3.ClH/c1-5-6(9)3-4-7(13-2)8(5)10(11)12;/h3-4H,9H2,1-2H3;1H. The number of nitro benzene ring substituents is 1. The van der Waals surface area contributed by atoms with E-state index in [0.717, 1.165) is 0 Å². The van der Waals surface area contributed by atoms with E-state index < -0.39 is 4.92 Å². The van der Waals surface area contributed by atoms with Gasteiger partial charge in [-0.1, -0.05) is 0 Å². The average molecular weight is 219 g/mol. The van der Waals surface area contributed by atoms with E-state index in [1.165, 1.54) is 13.2 Å². The summed E-state index contributed by atoms with van der Waals surface area (Å²) in [7, 11) is 1.39. The largest absolute Gasteiger partial charge is 0.490 e. The molecule has 0 saturated heterocycles. The summed E-state index contributed by atoms with van der Waals surface area (Å²) in [5.41, 5.74) is 6.29. The Morgan fingerprint density at radius 3 is 2.50 bits per heavy atom. The maximum atomic E-state index is 10.6. The molecule has 1 aromatic carbocycles. The average Bonchev–Trinajstić information content (AvgIpc) is 2.08. The third-order valence-electron chi connectivity index (χ3n) is 1.84. The van der Waals surface area contributed by atoms with Gasteiger partial charge in [0.05, 0.1) is 17.6 Å². The van der Waals surface area contributed by atoms with E-state index in [1.807, 2.05) is 0 Å². The Labute approximate surface area is 87.4 Å². The lowest BCUT2D eigenvalue weighted by molar-refractivity contribution is -0.386. The summed E-state index contributed by atoms with van der Waals surface area (Å²) in [5.74, 6) is 0.233. The summed E-state index contributed by atoms with van der Waals surface area (Å²) in [5, 5.41) is 10.6. The fourth-order valence-electron chi connectivity index (χ4n) is 1.08. The van der Waals surface area contributed by atoms with Gasteiger partial charge >= 0.3 is 5.69 Å². The number of benzene rings is 1. The van der Waals surface area contributed by atoms with Gasteiger partial charge in [0, 0.05) is 5.69 Å². The summed E-state index contributed by atoms with van der Waals surface area (Å²) >= 11 is 0. The first kappa shape index (κ1) is 12.5. The second-order valence-corrected chi connectivity index (χ2v) is 2.59. The van der Waals surface area contributed by atoms with Crippen molar-refractivity contribution in [2.75, 3.05) is 12.8 Å². The number of nitrogen functional groups attached to an aromatic ring is 1. The first-order valence-corrected chi connectivity index (χ1v) is 3.65. The van der Waals surface area contributed by atoms with Gasteiger partial charge in [0.25, 0.3) is 0 Å². The van der Waals surface area contributed by atoms with Gasteiger partial charge in [0.1, 0.15) is 0 Å². The van der Waals surface area contributed by atoms with Crippen molar-refractivity contribution in [3.05, 3.63) is 27.8 Å². The number of ether oxygens (including phenoxy) is 1. The molecule has 1 aromatic rings. The SMILES string of the molecule is COc1ccc(N)c(C)c1[N+](=O)[O-].Cl. The molecule has 0 aliphatic rings. The van der Waals surface area contributed by atoms with Gasteiger partial charge in [-0.2, -0.15) is 0 Å². The fourth-order valence-corrected chi connectivity index (χ4v) is 1.08. The van der Waals surface area contributed by atoms with Crippen LogP contribution in [0.15, 0.2) is 12.1 Å². The third-order valence-corrected chi connectivity index (χ3v) is 1.84. The smallest absolute Gasteiger partial charge is 0.315 e. The van der Waals surface area contributed by atoms with Crippen molar-refractivity contribution in [1.29, 1.82) is 0 Å². The van der Waals surface area contributed by atoms with Crippen molar-refractivity contribution in [2.45, 2.75) is 6.92 Å². The third kappa shape index (κ3) is 2.05. The number of nitrogens with zero attached hydrogens (tertiary/aromatic N) is 1. The van der Waals surface area contributed by atoms with E-state index in [1.54, 1.807) is 13.0 Å². The Hall–Kier alpha value is -1.49. The van der Waals surface area contributed by atoms with Crippen LogP contribution in [0.4, 0.5) is 11.4 Å². The van der Waals surface area contributed by atoms with Crippen LogP contribution in [-0.2, 0) is 0 Å². The van der Waals surface area contributed by atoms with E-state index in [9.17, 15) is 10.1 Å². The summed E-state index contributed by atoms with van der Waals surface area (Å²) in [6.45, 7) is 1.59. The van der Waals surface area contributed by atoms with Gasteiger partial charge < -0.3 is 10.5 Å². The molecule has 14 heavy (non-hydrogen) atoms. The van der Waals surface area contributed by atoms with Gasteiger partial charge in [-0.25, -0.2) is 0 Å². The molecule has 6 heteroatoms. The topological polar surface area (TPSA) is 78.4 Å². The summed E-state index contributed by atoms with van der Waals surface area (Å²) in [6.07, 6.45) is 0. The summed E-state index contributed by atoms with van der Waals surface area (Å²) < 4.78 is 4.85. The number of methoxy groups -OCH3 is 1. The van der Waals surface area contributed by atoms with Crippen molar-refractivity contribution in [1.82, 2.24) is 0 Å². The molecule has 0 aromatic heterocycles. The highest BCUT2D eigenvalue weighted by Gasteiger charge is 2.19. The molecule has 0 atom stereocenters. The lowest BCUT2D eigenvalue weighted by Gasteiger charge is -2.05. The molecule has 0 aliphatic carbocycles. The normalized spacial score (nSPS) is 9.00. The first-order chi connectivity index (χ1) is 6.07. The zero-order valence-corrected chi connectivity index (χ0v) is 8.63. The van der Waals surface area contributed by atoms with Crippen LogP contribution in [0.25, 0.3) is 0 Å². The van der Waals surface area contributed by atoms with Gasteiger partial charge in [-0.3, -0.25) is 10.1 Å². The highest BCUT2D eigenvalue weighted by Crippen LogP contribution is 2.33. The van der Waals surface area contributed by atoms with Crippen LogP contribution in [-0.4, -0.2) is 12.0 Å². The monoisotopic (exact) mass is 218 g/mol. The van der Waals surface area contributed by atoms with Crippen molar-refractivity contribution >= 4 is 23.8 Å². The molecule has 0 spiro atoms. The summed E-state index contributed by atoms with van der Waals surface area (Å²) in [6, 6.07) is 3.07. The summed E-state index contributed by atoms with van der Waals surface area (Å²) in [4.78, 5) is 10.1. The molecule has 78 valence electrons.